The van der Waals surface area contributed by atoms with Gasteiger partial charge in [-0.15, -0.1) is 0 Å². The highest BCUT2D eigenvalue weighted by Crippen LogP contribution is 2.41. The second kappa shape index (κ2) is 11.9. The standard InChI is InChI=1S/C33H36N6O5/c40-30-9-8-29(31(41)36-30)39-32(42)27-7-6-24(18-28(27)33(39)43)34-10-2-3-21-15-26(16-21)38-20-23(19-35-38)22-4-1-5-25(17-22)37-11-13-44-14-12-37/h1,4-7,17-21,26,29,34H,2-3,8-16H2,(H,36,40,41). The molecule has 3 aromatic rings. The minimum atomic E-state index is -0.956. The van der Waals surface area contributed by atoms with Gasteiger partial charge in [-0.1, -0.05) is 12.1 Å². The van der Waals surface area contributed by atoms with E-state index in [1.807, 2.05) is 6.20 Å². The van der Waals surface area contributed by atoms with E-state index < -0.39 is 23.8 Å². The summed E-state index contributed by atoms with van der Waals surface area (Å²) in [6.45, 7) is 4.13. The molecular formula is C33H36N6O5. The maximum Gasteiger partial charge on any atom is 0.262 e. The van der Waals surface area contributed by atoms with Crippen LogP contribution in [0, 0.1) is 5.92 Å². The number of aromatic nitrogens is 2. The largest absolute Gasteiger partial charge is 0.385 e. The molecular weight excluding hydrogens is 560 g/mol. The Morgan fingerprint density at radius 1 is 0.955 bits per heavy atom. The van der Waals surface area contributed by atoms with Gasteiger partial charge in [0.1, 0.15) is 6.04 Å². The van der Waals surface area contributed by atoms with E-state index in [1.165, 1.54) is 11.3 Å². The lowest BCUT2D eigenvalue weighted by atomic mass is 9.77. The third-order valence-corrected chi connectivity index (χ3v) is 9.30. The second-order valence-electron chi connectivity index (χ2n) is 12.1. The summed E-state index contributed by atoms with van der Waals surface area (Å²) < 4.78 is 7.61. The van der Waals surface area contributed by atoms with Crippen molar-refractivity contribution < 1.29 is 23.9 Å². The number of amides is 4. The van der Waals surface area contributed by atoms with Crippen molar-refractivity contribution >= 4 is 35.0 Å². The topological polar surface area (TPSA) is 126 Å². The Labute approximate surface area is 255 Å². The number of carbonyl (C=O) groups is 4. The fourth-order valence-electron chi connectivity index (χ4n) is 6.75. The number of rotatable bonds is 9. The summed E-state index contributed by atoms with van der Waals surface area (Å²) in [4.78, 5) is 53.1. The minimum Gasteiger partial charge on any atom is -0.385 e. The van der Waals surface area contributed by atoms with E-state index in [-0.39, 0.29) is 29.9 Å². The van der Waals surface area contributed by atoms with Gasteiger partial charge in [0.15, 0.2) is 0 Å². The number of hydrogen-bond acceptors (Lipinski definition) is 8. The van der Waals surface area contributed by atoms with E-state index in [9.17, 15) is 19.2 Å². The van der Waals surface area contributed by atoms with Gasteiger partial charge in [0.25, 0.3) is 11.8 Å². The van der Waals surface area contributed by atoms with Crippen molar-refractivity contribution in [2.24, 2.45) is 5.92 Å². The van der Waals surface area contributed by atoms with Gasteiger partial charge in [-0.3, -0.25) is 34.1 Å². The molecule has 1 saturated carbocycles. The Hall–Kier alpha value is -4.51. The number of anilines is 2. The SMILES string of the molecule is O=C1CCC(N2C(=O)c3ccc(NCCCC4CC(n5cc(-c6cccc(N7CCOCC7)c6)cn5)C4)cc3C2=O)C(=O)N1. The zero-order valence-corrected chi connectivity index (χ0v) is 24.5. The van der Waals surface area contributed by atoms with Crippen LogP contribution in [-0.2, 0) is 14.3 Å². The van der Waals surface area contributed by atoms with Gasteiger partial charge in [0, 0.05) is 49.2 Å². The summed E-state index contributed by atoms with van der Waals surface area (Å²) in [5.74, 6) is -1.31. The second-order valence-corrected chi connectivity index (χ2v) is 12.1. The van der Waals surface area contributed by atoms with E-state index in [0.717, 1.165) is 74.7 Å². The predicted octanol–water partition coefficient (Wildman–Crippen LogP) is 3.63. The van der Waals surface area contributed by atoms with Crippen LogP contribution in [0.4, 0.5) is 11.4 Å². The van der Waals surface area contributed by atoms with Crippen molar-refractivity contribution in [2.75, 3.05) is 43.1 Å². The summed E-state index contributed by atoms with van der Waals surface area (Å²) in [7, 11) is 0. The Kier molecular flexibility index (Phi) is 7.63. The summed E-state index contributed by atoms with van der Waals surface area (Å²) in [5.41, 5.74) is 4.90. The summed E-state index contributed by atoms with van der Waals surface area (Å²) in [6, 6.07) is 13.2. The number of imide groups is 2. The lowest BCUT2D eigenvalue weighted by molar-refractivity contribution is -0.136. The average molecular weight is 597 g/mol. The minimum absolute atomic E-state index is 0.103. The molecule has 2 N–H and O–H groups in total. The third kappa shape index (κ3) is 5.47. The van der Waals surface area contributed by atoms with Crippen molar-refractivity contribution in [2.45, 2.75) is 50.6 Å². The molecule has 11 nitrogen and oxygen atoms in total. The Morgan fingerprint density at radius 3 is 2.59 bits per heavy atom. The average Bonchev–Trinajstić information content (AvgIpc) is 3.60. The Morgan fingerprint density at radius 2 is 1.77 bits per heavy atom. The first kappa shape index (κ1) is 28.3. The molecule has 228 valence electrons. The summed E-state index contributed by atoms with van der Waals surface area (Å²) in [5, 5.41) is 10.3. The van der Waals surface area contributed by atoms with E-state index in [1.54, 1.807) is 18.2 Å². The number of nitrogens with zero attached hydrogens (tertiary/aromatic N) is 4. The highest BCUT2D eigenvalue weighted by Gasteiger charge is 2.44. The van der Waals surface area contributed by atoms with E-state index >= 15 is 0 Å². The molecule has 4 aliphatic rings. The molecule has 44 heavy (non-hydrogen) atoms. The molecule has 3 aliphatic heterocycles. The smallest absolute Gasteiger partial charge is 0.262 e. The highest BCUT2D eigenvalue weighted by molar-refractivity contribution is 6.23. The van der Waals surface area contributed by atoms with Crippen LogP contribution in [0.25, 0.3) is 11.1 Å². The van der Waals surface area contributed by atoms with Crippen LogP contribution in [-0.4, -0.2) is 77.2 Å². The number of fused-ring (bicyclic) bond motifs is 1. The van der Waals surface area contributed by atoms with Crippen LogP contribution in [0.1, 0.15) is 65.3 Å². The fraction of sp³-hybridized carbons (Fsp3) is 0.424. The zero-order valence-electron chi connectivity index (χ0n) is 24.5. The van der Waals surface area contributed by atoms with Gasteiger partial charge in [0.05, 0.1) is 36.6 Å². The van der Waals surface area contributed by atoms with Gasteiger partial charge in [-0.05, 0) is 73.9 Å². The van der Waals surface area contributed by atoms with Crippen molar-refractivity contribution in [1.82, 2.24) is 20.0 Å². The number of hydrogen-bond donors (Lipinski definition) is 2. The molecule has 4 heterocycles. The van der Waals surface area contributed by atoms with E-state index in [4.69, 9.17) is 4.74 Å². The van der Waals surface area contributed by atoms with Crippen LogP contribution >= 0.6 is 0 Å². The summed E-state index contributed by atoms with van der Waals surface area (Å²) >= 11 is 0. The van der Waals surface area contributed by atoms with Crippen LogP contribution in [0.3, 0.4) is 0 Å². The first-order valence-corrected chi connectivity index (χ1v) is 15.5. The number of benzene rings is 2. The molecule has 2 saturated heterocycles. The molecule has 4 amide bonds. The number of piperidine rings is 1. The third-order valence-electron chi connectivity index (χ3n) is 9.30. The van der Waals surface area contributed by atoms with Crippen LogP contribution in [0.15, 0.2) is 54.9 Å². The van der Waals surface area contributed by atoms with Crippen molar-refractivity contribution in [3.05, 3.63) is 66.0 Å². The van der Waals surface area contributed by atoms with Crippen molar-refractivity contribution in [3.8, 4) is 11.1 Å². The normalized spacial score (nSPS) is 23.4. The van der Waals surface area contributed by atoms with Crippen LogP contribution in [0.2, 0.25) is 0 Å². The number of ether oxygens (including phenoxy) is 1. The molecule has 11 heteroatoms. The molecule has 1 aliphatic carbocycles. The molecule has 0 radical (unpaired) electrons. The van der Waals surface area contributed by atoms with E-state index in [0.29, 0.717) is 12.0 Å². The van der Waals surface area contributed by atoms with Gasteiger partial charge >= 0.3 is 0 Å². The maximum absolute atomic E-state index is 13.1. The molecule has 7 rings (SSSR count). The van der Waals surface area contributed by atoms with Gasteiger partial charge < -0.3 is 15.0 Å². The lowest BCUT2D eigenvalue weighted by Crippen LogP contribution is -2.54. The number of morpholine rings is 1. The molecule has 3 fully saturated rings. The van der Waals surface area contributed by atoms with Crippen LogP contribution in [0.5, 0.6) is 0 Å². The summed E-state index contributed by atoms with van der Waals surface area (Å²) in [6.07, 6.45) is 8.70. The number of nitrogens with one attached hydrogen (secondary N) is 2. The maximum atomic E-state index is 13.1. The van der Waals surface area contributed by atoms with Gasteiger partial charge in [0.2, 0.25) is 11.8 Å². The Balaban J connectivity index is 0.874. The molecule has 2 aromatic carbocycles. The molecule has 1 unspecified atom stereocenters. The molecule has 1 aromatic heterocycles. The van der Waals surface area contributed by atoms with Crippen molar-refractivity contribution in [3.63, 3.8) is 0 Å². The highest BCUT2D eigenvalue weighted by atomic mass is 16.5. The Bertz CT molecular complexity index is 1610. The van der Waals surface area contributed by atoms with Crippen molar-refractivity contribution in [1.29, 1.82) is 0 Å². The first-order chi connectivity index (χ1) is 21.4. The molecule has 0 bridgehead atoms. The fourth-order valence-corrected chi connectivity index (χ4v) is 6.75. The number of carbonyl (C=O) groups excluding carboxylic acids is 4. The van der Waals surface area contributed by atoms with Crippen LogP contribution < -0.4 is 15.5 Å². The van der Waals surface area contributed by atoms with Gasteiger partial charge in [-0.25, -0.2) is 0 Å². The quantitative estimate of drug-likeness (QED) is 0.283. The predicted molar refractivity (Wildman–Crippen MR) is 163 cm³/mol. The molecule has 0 spiro atoms. The lowest BCUT2D eigenvalue weighted by Gasteiger charge is -2.35. The first-order valence-electron chi connectivity index (χ1n) is 15.5. The monoisotopic (exact) mass is 596 g/mol. The van der Waals surface area contributed by atoms with Gasteiger partial charge in [-0.2, -0.15) is 5.10 Å². The zero-order chi connectivity index (χ0) is 30.2. The van der Waals surface area contributed by atoms with E-state index in [2.05, 4.69) is 55.8 Å². The molecule has 1 atom stereocenters.